The minimum Gasteiger partial charge on any atom is -0.490 e. The summed E-state index contributed by atoms with van der Waals surface area (Å²) in [5.74, 6) is 0.965. The summed E-state index contributed by atoms with van der Waals surface area (Å²) in [5.41, 5.74) is 0. The molecule has 0 unspecified atom stereocenters. The van der Waals surface area contributed by atoms with Crippen molar-refractivity contribution in [2.45, 2.75) is 44.6 Å². The molecule has 2 heteroatoms. The predicted octanol–water partition coefficient (Wildman–Crippen LogP) is 3.18. The molecule has 1 aromatic rings. The maximum Gasteiger partial charge on any atom is 0.122 e. The molecule has 1 heterocycles. The number of aromatic nitrogens is 1. The Labute approximate surface area is 85.3 Å². The molecule has 0 amide bonds. The summed E-state index contributed by atoms with van der Waals surface area (Å²) in [6.07, 6.45) is 11.8. The molecule has 1 fully saturated rings. The van der Waals surface area contributed by atoms with Gasteiger partial charge >= 0.3 is 0 Å². The van der Waals surface area contributed by atoms with Gasteiger partial charge in [-0.1, -0.05) is 12.8 Å². The molecule has 2 nitrogen and oxygen atoms in total. The van der Waals surface area contributed by atoms with Crippen molar-refractivity contribution in [3.05, 3.63) is 24.5 Å². The lowest BCUT2D eigenvalue weighted by atomic mass is 10.1. The fourth-order valence-electron chi connectivity index (χ4n) is 1.97. The fraction of sp³-hybridized carbons (Fsp3) is 0.583. The van der Waals surface area contributed by atoms with Crippen molar-refractivity contribution < 1.29 is 4.74 Å². The topological polar surface area (TPSA) is 22.1 Å². The molecule has 0 saturated heterocycles. The summed E-state index contributed by atoms with van der Waals surface area (Å²) in [5, 5.41) is 0. The van der Waals surface area contributed by atoms with E-state index in [1.165, 1.54) is 38.5 Å². The van der Waals surface area contributed by atoms with Crippen LogP contribution in [0.5, 0.6) is 5.75 Å². The molecule has 1 aliphatic carbocycles. The van der Waals surface area contributed by atoms with Gasteiger partial charge in [0.2, 0.25) is 0 Å². The molecule has 0 atom stereocenters. The summed E-state index contributed by atoms with van der Waals surface area (Å²) in [6, 6.07) is 3.87. The van der Waals surface area contributed by atoms with Crippen LogP contribution in [0.4, 0.5) is 0 Å². The van der Waals surface area contributed by atoms with Crippen LogP contribution in [-0.4, -0.2) is 11.1 Å². The molecular formula is C12H17NO. The number of hydrogen-bond acceptors (Lipinski definition) is 2. The number of ether oxygens (including phenoxy) is 1. The molecule has 1 aromatic heterocycles. The van der Waals surface area contributed by atoms with E-state index in [1.807, 2.05) is 12.1 Å². The van der Waals surface area contributed by atoms with Gasteiger partial charge in [0.25, 0.3) is 0 Å². The maximum atomic E-state index is 5.90. The first-order chi connectivity index (χ1) is 6.95. The Bertz CT molecular complexity index is 252. The molecule has 14 heavy (non-hydrogen) atoms. The van der Waals surface area contributed by atoms with Gasteiger partial charge in [0, 0.05) is 12.4 Å². The van der Waals surface area contributed by atoms with Gasteiger partial charge in [0.05, 0.1) is 6.10 Å². The van der Waals surface area contributed by atoms with E-state index in [4.69, 9.17) is 4.74 Å². The highest BCUT2D eigenvalue weighted by atomic mass is 16.5. The second-order valence-corrected chi connectivity index (χ2v) is 3.91. The zero-order valence-corrected chi connectivity index (χ0v) is 8.48. The summed E-state index contributed by atoms with van der Waals surface area (Å²) in [4.78, 5) is 3.98. The molecule has 0 spiro atoms. The minimum atomic E-state index is 0.430. The summed E-state index contributed by atoms with van der Waals surface area (Å²) >= 11 is 0. The zero-order chi connectivity index (χ0) is 9.64. The van der Waals surface area contributed by atoms with Crippen molar-refractivity contribution in [3.63, 3.8) is 0 Å². The zero-order valence-electron chi connectivity index (χ0n) is 8.48. The fourth-order valence-corrected chi connectivity index (χ4v) is 1.97. The first kappa shape index (κ1) is 9.50. The first-order valence-corrected chi connectivity index (χ1v) is 5.52. The summed E-state index contributed by atoms with van der Waals surface area (Å²) < 4.78 is 5.90. The Kier molecular flexibility index (Phi) is 3.39. The van der Waals surface area contributed by atoms with E-state index in [0.29, 0.717) is 6.10 Å². The van der Waals surface area contributed by atoms with Crippen LogP contribution in [0, 0.1) is 0 Å². The van der Waals surface area contributed by atoms with Crippen molar-refractivity contribution in [3.8, 4) is 5.75 Å². The summed E-state index contributed by atoms with van der Waals surface area (Å²) in [7, 11) is 0. The third-order valence-electron chi connectivity index (χ3n) is 2.75. The maximum absolute atomic E-state index is 5.90. The van der Waals surface area contributed by atoms with Gasteiger partial charge < -0.3 is 4.74 Å². The van der Waals surface area contributed by atoms with E-state index < -0.39 is 0 Å². The lowest BCUT2D eigenvalue weighted by molar-refractivity contribution is 0.183. The molecule has 0 bridgehead atoms. The molecule has 1 aliphatic rings. The number of rotatable bonds is 2. The van der Waals surface area contributed by atoms with Gasteiger partial charge in [-0.15, -0.1) is 0 Å². The second-order valence-electron chi connectivity index (χ2n) is 3.91. The lowest BCUT2D eigenvalue weighted by Gasteiger charge is -2.16. The normalized spacial score (nSPS) is 18.9. The van der Waals surface area contributed by atoms with Crippen LogP contribution in [0.2, 0.25) is 0 Å². The highest BCUT2D eigenvalue weighted by Crippen LogP contribution is 2.21. The van der Waals surface area contributed by atoms with Gasteiger partial charge in [-0.3, -0.25) is 4.98 Å². The average molecular weight is 191 g/mol. The first-order valence-electron chi connectivity index (χ1n) is 5.52. The van der Waals surface area contributed by atoms with E-state index in [0.717, 1.165) is 5.75 Å². The van der Waals surface area contributed by atoms with Gasteiger partial charge in [-0.05, 0) is 37.8 Å². The van der Waals surface area contributed by atoms with Crippen LogP contribution in [0.15, 0.2) is 24.5 Å². The van der Waals surface area contributed by atoms with Crippen LogP contribution < -0.4 is 4.74 Å². The Morgan fingerprint density at radius 3 is 2.29 bits per heavy atom. The van der Waals surface area contributed by atoms with Gasteiger partial charge in [-0.2, -0.15) is 0 Å². The van der Waals surface area contributed by atoms with Gasteiger partial charge in [-0.25, -0.2) is 0 Å². The average Bonchev–Trinajstić information content (AvgIpc) is 2.48. The number of pyridine rings is 1. The highest BCUT2D eigenvalue weighted by molar-refractivity contribution is 5.17. The van der Waals surface area contributed by atoms with Crippen LogP contribution in [0.1, 0.15) is 38.5 Å². The van der Waals surface area contributed by atoms with Crippen molar-refractivity contribution in [1.29, 1.82) is 0 Å². The van der Waals surface area contributed by atoms with Crippen molar-refractivity contribution in [2.75, 3.05) is 0 Å². The second kappa shape index (κ2) is 4.99. The lowest BCUT2D eigenvalue weighted by Crippen LogP contribution is -2.14. The molecule has 0 radical (unpaired) electrons. The van der Waals surface area contributed by atoms with E-state index in [2.05, 4.69) is 4.98 Å². The molecule has 0 N–H and O–H groups in total. The Morgan fingerprint density at radius 1 is 1.00 bits per heavy atom. The Balaban J connectivity index is 1.90. The SMILES string of the molecule is c1cc(OC2CCCCCC2)ccn1. The third kappa shape index (κ3) is 2.72. The molecule has 0 aromatic carbocycles. The molecular weight excluding hydrogens is 174 g/mol. The number of hydrogen-bond donors (Lipinski definition) is 0. The van der Waals surface area contributed by atoms with E-state index in [9.17, 15) is 0 Å². The molecule has 0 aliphatic heterocycles. The van der Waals surface area contributed by atoms with E-state index in [1.54, 1.807) is 12.4 Å². The minimum absolute atomic E-state index is 0.430. The predicted molar refractivity (Wildman–Crippen MR) is 56.4 cm³/mol. The largest absolute Gasteiger partial charge is 0.490 e. The van der Waals surface area contributed by atoms with Crippen LogP contribution in [-0.2, 0) is 0 Å². The highest BCUT2D eigenvalue weighted by Gasteiger charge is 2.13. The van der Waals surface area contributed by atoms with E-state index in [-0.39, 0.29) is 0 Å². The number of nitrogens with zero attached hydrogens (tertiary/aromatic N) is 1. The quantitative estimate of drug-likeness (QED) is 0.670. The molecule has 1 saturated carbocycles. The Morgan fingerprint density at radius 2 is 1.64 bits per heavy atom. The summed E-state index contributed by atoms with van der Waals surface area (Å²) in [6.45, 7) is 0. The van der Waals surface area contributed by atoms with Gasteiger partial charge in [0.1, 0.15) is 5.75 Å². The van der Waals surface area contributed by atoms with Crippen LogP contribution in [0.25, 0.3) is 0 Å². The van der Waals surface area contributed by atoms with Crippen molar-refractivity contribution in [1.82, 2.24) is 4.98 Å². The van der Waals surface area contributed by atoms with Crippen LogP contribution in [0.3, 0.4) is 0 Å². The molecule has 2 rings (SSSR count). The third-order valence-corrected chi connectivity index (χ3v) is 2.75. The Hall–Kier alpha value is -1.05. The van der Waals surface area contributed by atoms with Gasteiger partial charge in [0.15, 0.2) is 0 Å². The van der Waals surface area contributed by atoms with Crippen LogP contribution >= 0.6 is 0 Å². The smallest absolute Gasteiger partial charge is 0.122 e. The standard InChI is InChI=1S/C12H17NO/c1-2-4-6-11(5-3-1)14-12-7-9-13-10-8-12/h7-11H,1-6H2. The monoisotopic (exact) mass is 191 g/mol. The van der Waals surface area contributed by atoms with E-state index >= 15 is 0 Å². The van der Waals surface area contributed by atoms with Crippen molar-refractivity contribution >= 4 is 0 Å². The van der Waals surface area contributed by atoms with Crippen molar-refractivity contribution in [2.24, 2.45) is 0 Å². The molecule has 76 valence electrons.